The maximum atomic E-state index is 6.05. The molecule has 1 fully saturated rings. The van der Waals surface area contributed by atoms with Crippen LogP contribution in [0.4, 0.5) is 0 Å². The van der Waals surface area contributed by atoms with Gasteiger partial charge < -0.3 is 5.73 Å². The molecule has 3 heteroatoms. The molecule has 1 aromatic carbocycles. The van der Waals surface area contributed by atoms with E-state index in [9.17, 15) is 0 Å². The highest BCUT2D eigenvalue weighted by Gasteiger charge is 2.33. The molecule has 1 aliphatic carbocycles. The Hall–Kier alpha value is -0.570. The van der Waals surface area contributed by atoms with E-state index in [1.165, 1.54) is 31.2 Å². The molecule has 0 heterocycles. The molecule has 2 rings (SSSR count). The standard InChI is InChI=1S/C16H25ClN2/c1-16(12-18,10-13-4-3-5-13)19(2)11-14-6-8-15(17)9-7-14/h6-9,13H,3-5,10-12,18H2,1-2H3. The molecule has 0 saturated heterocycles. The van der Waals surface area contributed by atoms with Gasteiger partial charge in [0.05, 0.1) is 0 Å². The van der Waals surface area contributed by atoms with Crippen LogP contribution in [0.1, 0.15) is 38.2 Å². The first-order valence-corrected chi connectivity index (χ1v) is 7.57. The Morgan fingerprint density at radius 2 is 1.95 bits per heavy atom. The Bertz CT molecular complexity index is 400. The van der Waals surface area contributed by atoms with Crippen LogP contribution in [0.3, 0.4) is 0 Å². The van der Waals surface area contributed by atoms with Crippen LogP contribution in [0, 0.1) is 5.92 Å². The highest BCUT2D eigenvalue weighted by Crippen LogP contribution is 2.35. The summed E-state index contributed by atoms with van der Waals surface area (Å²) in [7, 11) is 2.18. The Balaban J connectivity index is 1.98. The molecule has 1 unspecified atom stereocenters. The van der Waals surface area contributed by atoms with E-state index in [1.807, 2.05) is 12.1 Å². The van der Waals surface area contributed by atoms with Gasteiger partial charge in [-0.3, -0.25) is 4.90 Å². The Labute approximate surface area is 121 Å². The number of rotatable bonds is 6. The van der Waals surface area contributed by atoms with Crippen molar-refractivity contribution < 1.29 is 0 Å². The van der Waals surface area contributed by atoms with Gasteiger partial charge in [0.1, 0.15) is 0 Å². The molecule has 0 aromatic heterocycles. The van der Waals surface area contributed by atoms with Crippen LogP contribution in [0.25, 0.3) is 0 Å². The van der Waals surface area contributed by atoms with Crippen LogP contribution in [-0.4, -0.2) is 24.0 Å². The third-order valence-electron chi connectivity index (χ3n) is 4.65. The summed E-state index contributed by atoms with van der Waals surface area (Å²) in [5.41, 5.74) is 7.44. The third-order valence-corrected chi connectivity index (χ3v) is 4.90. The summed E-state index contributed by atoms with van der Waals surface area (Å²) in [6.45, 7) is 3.94. The van der Waals surface area contributed by atoms with Crippen LogP contribution in [-0.2, 0) is 6.54 Å². The zero-order valence-corrected chi connectivity index (χ0v) is 12.8. The van der Waals surface area contributed by atoms with Crippen molar-refractivity contribution in [2.45, 2.75) is 44.7 Å². The average molecular weight is 281 g/mol. The van der Waals surface area contributed by atoms with E-state index in [0.717, 1.165) is 17.5 Å². The van der Waals surface area contributed by atoms with E-state index < -0.39 is 0 Å². The molecule has 1 aliphatic rings. The molecule has 2 nitrogen and oxygen atoms in total. The van der Waals surface area contributed by atoms with Crippen LogP contribution in [0.15, 0.2) is 24.3 Å². The molecule has 0 radical (unpaired) electrons. The van der Waals surface area contributed by atoms with Gasteiger partial charge in [0, 0.05) is 23.7 Å². The van der Waals surface area contributed by atoms with E-state index in [-0.39, 0.29) is 5.54 Å². The number of likely N-dealkylation sites (N-methyl/N-ethyl adjacent to an activating group) is 1. The van der Waals surface area contributed by atoms with Crippen LogP contribution < -0.4 is 5.73 Å². The summed E-state index contributed by atoms with van der Waals surface area (Å²) in [5, 5.41) is 0.794. The first-order valence-electron chi connectivity index (χ1n) is 7.19. The summed E-state index contributed by atoms with van der Waals surface area (Å²) >= 11 is 5.93. The third kappa shape index (κ3) is 3.71. The zero-order chi connectivity index (χ0) is 13.9. The number of nitrogens with two attached hydrogens (primary N) is 1. The monoisotopic (exact) mass is 280 g/mol. The van der Waals surface area contributed by atoms with E-state index in [4.69, 9.17) is 17.3 Å². The van der Waals surface area contributed by atoms with E-state index >= 15 is 0 Å². The van der Waals surface area contributed by atoms with Crippen molar-refractivity contribution in [3.8, 4) is 0 Å². The SMILES string of the molecule is CN(Cc1ccc(Cl)cc1)C(C)(CN)CC1CCC1. The average Bonchev–Trinajstić information content (AvgIpc) is 2.36. The molecular weight excluding hydrogens is 256 g/mol. The first-order chi connectivity index (χ1) is 9.03. The molecule has 1 saturated carbocycles. The van der Waals surface area contributed by atoms with Crippen LogP contribution in [0.5, 0.6) is 0 Å². The number of hydrogen-bond donors (Lipinski definition) is 1. The van der Waals surface area contributed by atoms with Crippen molar-refractivity contribution in [2.75, 3.05) is 13.6 Å². The summed E-state index contributed by atoms with van der Waals surface area (Å²) in [6, 6.07) is 8.10. The van der Waals surface area contributed by atoms with Gasteiger partial charge in [-0.15, -0.1) is 0 Å². The van der Waals surface area contributed by atoms with Gasteiger partial charge in [0.25, 0.3) is 0 Å². The maximum Gasteiger partial charge on any atom is 0.0406 e. The minimum Gasteiger partial charge on any atom is -0.329 e. The molecule has 0 amide bonds. The second-order valence-electron chi connectivity index (χ2n) is 6.18. The minimum atomic E-state index is 0.102. The first kappa shape index (κ1) is 14.8. The summed E-state index contributed by atoms with van der Waals surface area (Å²) in [6.07, 6.45) is 5.37. The predicted octanol–water partition coefficient (Wildman–Crippen LogP) is 3.68. The number of halogens is 1. The fourth-order valence-electron chi connectivity index (χ4n) is 2.77. The summed E-state index contributed by atoms with van der Waals surface area (Å²) in [5.74, 6) is 0.876. The molecule has 0 bridgehead atoms. The topological polar surface area (TPSA) is 29.3 Å². The van der Waals surface area contributed by atoms with Crippen molar-refractivity contribution in [2.24, 2.45) is 11.7 Å². The summed E-state index contributed by atoms with van der Waals surface area (Å²) < 4.78 is 0. The maximum absolute atomic E-state index is 6.05. The van der Waals surface area contributed by atoms with Gasteiger partial charge >= 0.3 is 0 Å². The molecule has 1 atom stereocenters. The van der Waals surface area contributed by atoms with Crippen LogP contribution in [0.2, 0.25) is 5.02 Å². The quantitative estimate of drug-likeness (QED) is 0.861. The van der Waals surface area contributed by atoms with Crippen molar-refractivity contribution in [1.82, 2.24) is 4.90 Å². The van der Waals surface area contributed by atoms with E-state index in [2.05, 4.69) is 31.0 Å². The Morgan fingerprint density at radius 3 is 2.42 bits per heavy atom. The fourth-order valence-corrected chi connectivity index (χ4v) is 2.89. The molecule has 2 N–H and O–H groups in total. The Kier molecular flexibility index (Phi) is 4.88. The van der Waals surface area contributed by atoms with Gasteiger partial charge in [0.2, 0.25) is 0 Å². The molecular formula is C16H25ClN2. The van der Waals surface area contributed by atoms with Gasteiger partial charge in [-0.1, -0.05) is 43.0 Å². The normalized spacial score (nSPS) is 19.2. The number of hydrogen-bond acceptors (Lipinski definition) is 2. The van der Waals surface area contributed by atoms with Crippen molar-refractivity contribution in [3.05, 3.63) is 34.9 Å². The van der Waals surface area contributed by atoms with Gasteiger partial charge in [-0.25, -0.2) is 0 Å². The van der Waals surface area contributed by atoms with Crippen molar-refractivity contribution in [1.29, 1.82) is 0 Å². The molecule has 19 heavy (non-hydrogen) atoms. The predicted molar refractivity (Wildman–Crippen MR) is 82.3 cm³/mol. The van der Waals surface area contributed by atoms with E-state index in [1.54, 1.807) is 0 Å². The van der Waals surface area contributed by atoms with Gasteiger partial charge in [-0.05, 0) is 44.0 Å². The van der Waals surface area contributed by atoms with Crippen LogP contribution >= 0.6 is 11.6 Å². The number of nitrogens with zero attached hydrogens (tertiary/aromatic N) is 1. The second kappa shape index (κ2) is 6.25. The van der Waals surface area contributed by atoms with E-state index in [0.29, 0.717) is 6.54 Å². The van der Waals surface area contributed by atoms with Crippen molar-refractivity contribution in [3.63, 3.8) is 0 Å². The van der Waals surface area contributed by atoms with Gasteiger partial charge in [0.15, 0.2) is 0 Å². The lowest BCUT2D eigenvalue weighted by Crippen LogP contribution is -2.51. The highest BCUT2D eigenvalue weighted by molar-refractivity contribution is 6.30. The summed E-state index contributed by atoms with van der Waals surface area (Å²) in [4.78, 5) is 2.40. The number of benzene rings is 1. The Morgan fingerprint density at radius 1 is 1.32 bits per heavy atom. The lowest BCUT2D eigenvalue weighted by Gasteiger charge is -2.42. The molecule has 106 valence electrons. The minimum absolute atomic E-state index is 0.102. The lowest BCUT2D eigenvalue weighted by molar-refractivity contribution is 0.0857. The fraction of sp³-hybridized carbons (Fsp3) is 0.625. The smallest absolute Gasteiger partial charge is 0.0406 e. The largest absolute Gasteiger partial charge is 0.329 e. The highest BCUT2D eigenvalue weighted by atomic mass is 35.5. The second-order valence-corrected chi connectivity index (χ2v) is 6.62. The molecule has 1 aromatic rings. The van der Waals surface area contributed by atoms with Crippen molar-refractivity contribution >= 4 is 11.6 Å². The lowest BCUT2D eigenvalue weighted by atomic mass is 9.76. The molecule has 0 aliphatic heterocycles. The van der Waals surface area contributed by atoms with Gasteiger partial charge in [-0.2, -0.15) is 0 Å². The molecule has 0 spiro atoms. The zero-order valence-electron chi connectivity index (χ0n) is 12.0.